The van der Waals surface area contributed by atoms with Crippen LogP contribution in [0, 0.1) is 0 Å². The molecule has 2 heterocycles. The monoisotopic (exact) mass is 271 g/mol. The average Bonchev–Trinajstić information content (AvgIpc) is 2.47. The largest absolute Gasteiger partial charge is 0.493 e. The molecule has 0 saturated carbocycles. The molecule has 0 radical (unpaired) electrons. The lowest BCUT2D eigenvalue weighted by atomic mass is 10.0. The van der Waals surface area contributed by atoms with Gasteiger partial charge in [0.05, 0.1) is 5.69 Å². The number of hydrogen-bond donors (Lipinski definition) is 2. The van der Waals surface area contributed by atoms with Crippen LogP contribution in [0.25, 0.3) is 0 Å². The van der Waals surface area contributed by atoms with Gasteiger partial charge in [-0.2, -0.15) is 9.97 Å². The van der Waals surface area contributed by atoms with E-state index in [0.717, 1.165) is 17.8 Å². The van der Waals surface area contributed by atoms with Crippen LogP contribution in [0.4, 0.5) is 0 Å². The van der Waals surface area contributed by atoms with Gasteiger partial charge < -0.3 is 10.2 Å². The third kappa shape index (κ3) is 2.32. The first-order chi connectivity index (χ1) is 9.65. The van der Waals surface area contributed by atoms with Gasteiger partial charge in [0.25, 0.3) is 0 Å². The Kier molecular flexibility index (Phi) is 3.28. The van der Waals surface area contributed by atoms with E-state index in [-0.39, 0.29) is 17.9 Å². The highest BCUT2D eigenvalue weighted by Gasteiger charge is 2.25. The first kappa shape index (κ1) is 12.9. The van der Waals surface area contributed by atoms with E-state index < -0.39 is 0 Å². The van der Waals surface area contributed by atoms with Gasteiger partial charge in [-0.3, -0.25) is 4.90 Å². The zero-order valence-corrected chi connectivity index (χ0v) is 11.3. The van der Waals surface area contributed by atoms with Crippen molar-refractivity contribution in [2.75, 3.05) is 6.54 Å². The Morgan fingerprint density at radius 2 is 1.90 bits per heavy atom. The molecule has 0 amide bonds. The minimum atomic E-state index is -0.356. The van der Waals surface area contributed by atoms with E-state index >= 15 is 0 Å². The Bertz CT molecular complexity index is 616. The summed E-state index contributed by atoms with van der Waals surface area (Å²) in [6, 6.07) is 10.2. The van der Waals surface area contributed by atoms with E-state index in [1.807, 2.05) is 18.2 Å². The Labute approximate surface area is 117 Å². The van der Waals surface area contributed by atoms with Crippen molar-refractivity contribution in [3.63, 3.8) is 0 Å². The molecule has 0 aliphatic carbocycles. The van der Waals surface area contributed by atoms with Crippen LogP contribution in [0.5, 0.6) is 11.9 Å². The van der Waals surface area contributed by atoms with Crippen LogP contribution in [0.3, 0.4) is 0 Å². The Morgan fingerprint density at radius 3 is 2.65 bits per heavy atom. The van der Waals surface area contributed by atoms with Crippen LogP contribution >= 0.6 is 0 Å². The van der Waals surface area contributed by atoms with E-state index in [0.29, 0.717) is 13.0 Å². The highest BCUT2D eigenvalue weighted by atomic mass is 16.3. The summed E-state index contributed by atoms with van der Waals surface area (Å²) in [4.78, 5) is 9.90. The maximum absolute atomic E-state index is 9.87. The van der Waals surface area contributed by atoms with Crippen LogP contribution in [-0.4, -0.2) is 31.6 Å². The van der Waals surface area contributed by atoms with E-state index in [1.54, 1.807) is 0 Å². The van der Waals surface area contributed by atoms with Crippen LogP contribution in [0.15, 0.2) is 30.3 Å². The third-order valence-electron chi connectivity index (χ3n) is 3.89. The second-order valence-electron chi connectivity index (χ2n) is 5.08. The van der Waals surface area contributed by atoms with Crippen molar-refractivity contribution < 1.29 is 10.2 Å². The number of aromatic nitrogens is 2. The van der Waals surface area contributed by atoms with Gasteiger partial charge in [0.1, 0.15) is 0 Å². The molecular formula is C15H17N3O2. The lowest BCUT2D eigenvalue weighted by Gasteiger charge is -2.33. The van der Waals surface area contributed by atoms with Gasteiger partial charge in [0.15, 0.2) is 0 Å². The first-order valence-corrected chi connectivity index (χ1v) is 6.72. The average molecular weight is 271 g/mol. The van der Waals surface area contributed by atoms with E-state index in [9.17, 15) is 10.2 Å². The molecule has 0 saturated heterocycles. The zero-order chi connectivity index (χ0) is 14.1. The summed E-state index contributed by atoms with van der Waals surface area (Å²) in [6.07, 6.45) is 0.705. The summed E-state index contributed by atoms with van der Waals surface area (Å²) in [5.74, 6) is -0.113. The van der Waals surface area contributed by atoms with Crippen LogP contribution in [-0.2, 0) is 13.0 Å². The molecule has 1 aliphatic heterocycles. The zero-order valence-electron chi connectivity index (χ0n) is 11.3. The molecule has 3 rings (SSSR count). The summed E-state index contributed by atoms with van der Waals surface area (Å²) in [5, 5.41) is 19.2. The first-order valence-electron chi connectivity index (χ1n) is 6.72. The maximum Gasteiger partial charge on any atom is 0.317 e. The molecule has 2 N–H and O–H groups in total. The number of benzene rings is 1. The normalized spacial score (nSPS) is 16.6. The van der Waals surface area contributed by atoms with E-state index in [1.165, 1.54) is 5.56 Å². The van der Waals surface area contributed by atoms with Crippen molar-refractivity contribution >= 4 is 0 Å². The standard InChI is InChI=1S/C15H17N3O2/c1-10(11-5-3-2-4-6-11)18-8-7-13-12(9-18)14(19)17-15(20)16-13/h2-6,10H,7-9H2,1H3,(H2,16,17,19,20). The molecular weight excluding hydrogens is 254 g/mol. The van der Waals surface area contributed by atoms with Gasteiger partial charge in [0, 0.05) is 31.1 Å². The van der Waals surface area contributed by atoms with Gasteiger partial charge in [-0.05, 0) is 12.5 Å². The van der Waals surface area contributed by atoms with Gasteiger partial charge in [0.2, 0.25) is 5.88 Å². The predicted octanol–water partition coefficient (Wildman–Crippen LogP) is 2.01. The van der Waals surface area contributed by atoms with E-state index in [2.05, 4.69) is 33.9 Å². The summed E-state index contributed by atoms with van der Waals surface area (Å²) in [6.45, 7) is 3.59. The minimum Gasteiger partial charge on any atom is -0.493 e. The molecule has 1 aliphatic rings. The quantitative estimate of drug-likeness (QED) is 0.874. The number of hydrogen-bond acceptors (Lipinski definition) is 5. The molecule has 0 bridgehead atoms. The number of fused-ring (bicyclic) bond motifs is 1. The van der Waals surface area contributed by atoms with Gasteiger partial charge in [-0.15, -0.1) is 0 Å². The highest BCUT2D eigenvalue weighted by Crippen LogP contribution is 2.31. The third-order valence-corrected chi connectivity index (χ3v) is 3.89. The number of aromatic hydroxyl groups is 2. The molecule has 5 nitrogen and oxygen atoms in total. The van der Waals surface area contributed by atoms with Gasteiger partial charge in [-0.25, -0.2) is 0 Å². The molecule has 104 valence electrons. The minimum absolute atomic E-state index is 0.113. The summed E-state index contributed by atoms with van der Waals surface area (Å²) in [5.41, 5.74) is 2.71. The molecule has 1 unspecified atom stereocenters. The lowest BCUT2D eigenvalue weighted by Crippen LogP contribution is -2.33. The van der Waals surface area contributed by atoms with Crippen molar-refractivity contribution in [1.29, 1.82) is 0 Å². The van der Waals surface area contributed by atoms with Gasteiger partial charge >= 0.3 is 6.01 Å². The fourth-order valence-electron chi connectivity index (χ4n) is 2.68. The maximum atomic E-state index is 9.87. The summed E-state index contributed by atoms with van der Waals surface area (Å²) in [7, 11) is 0. The number of rotatable bonds is 2. The Hall–Kier alpha value is -2.14. The fraction of sp³-hybridized carbons (Fsp3) is 0.333. The number of nitrogens with zero attached hydrogens (tertiary/aromatic N) is 3. The van der Waals surface area contributed by atoms with Crippen LogP contribution < -0.4 is 0 Å². The summed E-state index contributed by atoms with van der Waals surface area (Å²) >= 11 is 0. The fourth-order valence-corrected chi connectivity index (χ4v) is 2.68. The van der Waals surface area contributed by atoms with Crippen LogP contribution in [0.1, 0.15) is 29.8 Å². The molecule has 1 aromatic carbocycles. The lowest BCUT2D eigenvalue weighted by molar-refractivity contribution is 0.185. The topological polar surface area (TPSA) is 69.5 Å². The summed E-state index contributed by atoms with van der Waals surface area (Å²) < 4.78 is 0. The molecule has 0 spiro atoms. The molecule has 1 aromatic heterocycles. The van der Waals surface area contributed by atoms with E-state index in [4.69, 9.17) is 0 Å². The highest BCUT2D eigenvalue weighted by molar-refractivity contribution is 5.33. The molecule has 5 heteroatoms. The molecule has 0 fully saturated rings. The second kappa shape index (κ2) is 5.09. The van der Waals surface area contributed by atoms with Crippen molar-refractivity contribution in [3.05, 3.63) is 47.2 Å². The Morgan fingerprint density at radius 1 is 1.15 bits per heavy atom. The Balaban J connectivity index is 1.85. The molecule has 1 atom stereocenters. The molecule has 20 heavy (non-hydrogen) atoms. The second-order valence-corrected chi connectivity index (χ2v) is 5.08. The van der Waals surface area contributed by atoms with Crippen molar-refractivity contribution in [2.45, 2.75) is 25.9 Å². The van der Waals surface area contributed by atoms with Crippen molar-refractivity contribution in [3.8, 4) is 11.9 Å². The van der Waals surface area contributed by atoms with Gasteiger partial charge in [-0.1, -0.05) is 30.3 Å². The van der Waals surface area contributed by atoms with Crippen molar-refractivity contribution in [1.82, 2.24) is 14.9 Å². The predicted molar refractivity (Wildman–Crippen MR) is 74.3 cm³/mol. The smallest absolute Gasteiger partial charge is 0.317 e. The van der Waals surface area contributed by atoms with Crippen molar-refractivity contribution in [2.24, 2.45) is 0 Å². The van der Waals surface area contributed by atoms with Crippen LogP contribution in [0.2, 0.25) is 0 Å². The SMILES string of the molecule is CC(c1ccccc1)N1CCc2nc(O)nc(O)c2C1. The molecule has 2 aromatic rings.